The highest BCUT2D eigenvalue weighted by atomic mass is 16.5. The summed E-state index contributed by atoms with van der Waals surface area (Å²) < 4.78 is 13.4. The molecule has 3 aromatic carbocycles. The van der Waals surface area contributed by atoms with Gasteiger partial charge in [0.05, 0.1) is 26.2 Å². The molecule has 3 aliphatic heterocycles. The summed E-state index contributed by atoms with van der Waals surface area (Å²) in [6.45, 7) is 7.08. The first kappa shape index (κ1) is 23.6. The smallest absolute Gasteiger partial charge is 0.321 e. The number of hydrogen-bond acceptors (Lipinski definition) is 3. The van der Waals surface area contributed by atoms with Crippen LogP contribution in [-0.4, -0.2) is 49.3 Å². The highest BCUT2D eigenvalue weighted by Crippen LogP contribution is 2.39. The van der Waals surface area contributed by atoms with E-state index in [1.165, 1.54) is 13.1 Å². The third-order valence-corrected chi connectivity index (χ3v) is 8.20. The Morgan fingerprint density at radius 1 is 0.857 bits per heavy atom. The van der Waals surface area contributed by atoms with Crippen molar-refractivity contribution in [1.29, 1.82) is 0 Å². The van der Waals surface area contributed by atoms with E-state index in [4.69, 9.17) is 9.47 Å². The Labute approximate surface area is 209 Å². The minimum absolute atomic E-state index is 0.0215. The Morgan fingerprint density at radius 3 is 1.97 bits per heavy atom. The molecule has 4 nitrogen and oxygen atoms in total. The predicted molar refractivity (Wildman–Crippen MR) is 138 cm³/mol. The minimum atomic E-state index is -0.830. The van der Waals surface area contributed by atoms with Crippen molar-refractivity contribution in [2.75, 3.05) is 32.8 Å². The van der Waals surface area contributed by atoms with Gasteiger partial charge in [0.25, 0.3) is 0 Å². The van der Waals surface area contributed by atoms with Gasteiger partial charge in [-0.3, -0.25) is 4.79 Å². The maximum atomic E-state index is 13.9. The van der Waals surface area contributed by atoms with Crippen LogP contribution in [0.5, 0.6) is 5.75 Å². The second-order valence-electron chi connectivity index (χ2n) is 10.3. The van der Waals surface area contributed by atoms with Gasteiger partial charge in [-0.1, -0.05) is 78.9 Å². The number of rotatable bonds is 9. The minimum Gasteiger partial charge on any atom is -0.493 e. The summed E-state index contributed by atoms with van der Waals surface area (Å²) in [6, 6.07) is 30.1. The fraction of sp³-hybridized carbons (Fsp3) is 0.387. The van der Waals surface area contributed by atoms with Crippen molar-refractivity contribution in [3.05, 3.63) is 102 Å². The lowest BCUT2D eigenvalue weighted by atomic mass is 9.76. The molecular formula is C31H36NO3+. The fourth-order valence-corrected chi connectivity index (χ4v) is 5.98. The number of esters is 1. The number of nitrogens with zero attached hydrogens (tertiary/aromatic N) is 1. The van der Waals surface area contributed by atoms with Gasteiger partial charge in [-0.25, -0.2) is 0 Å². The van der Waals surface area contributed by atoms with Crippen molar-refractivity contribution in [3.63, 3.8) is 0 Å². The van der Waals surface area contributed by atoms with E-state index in [1.807, 2.05) is 97.9 Å². The standard InChI is InChI=1S/C31H36NO3/c1-31(26-12-5-2-6-13-26,27-14-7-3-8-15-27)30(33)35-29-24-32(21-18-25(29)19-22-32)20-11-23-34-28-16-9-4-10-17-28/h2-10,12-17,25,29H,11,18-24H2,1H3/q+1. The van der Waals surface area contributed by atoms with Gasteiger partial charge in [0.1, 0.15) is 17.7 Å². The van der Waals surface area contributed by atoms with Crippen LogP contribution in [0.1, 0.15) is 37.3 Å². The van der Waals surface area contributed by atoms with E-state index in [-0.39, 0.29) is 12.1 Å². The molecule has 35 heavy (non-hydrogen) atoms. The van der Waals surface area contributed by atoms with E-state index >= 15 is 0 Å². The van der Waals surface area contributed by atoms with E-state index in [1.54, 1.807) is 0 Å². The number of piperidine rings is 3. The molecule has 1 unspecified atom stereocenters. The van der Waals surface area contributed by atoms with Crippen LogP contribution in [-0.2, 0) is 14.9 Å². The summed E-state index contributed by atoms with van der Waals surface area (Å²) in [7, 11) is 0. The molecule has 3 aromatic rings. The van der Waals surface area contributed by atoms with Crippen LogP contribution >= 0.6 is 0 Å². The normalized spacial score (nSPS) is 23.6. The number of ether oxygens (including phenoxy) is 2. The summed E-state index contributed by atoms with van der Waals surface area (Å²) in [5.74, 6) is 1.26. The average Bonchev–Trinajstić information content (AvgIpc) is 2.93. The van der Waals surface area contributed by atoms with Crippen LogP contribution in [0.15, 0.2) is 91.0 Å². The molecular weight excluding hydrogens is 434 g/mol. The molecule has 4 heteroatoms. The summed E-state index contributed by atoms with van der Waals surface area (Å²) >= 11 is 0. The van der Waals surface area contributed by atoms with Crippen LogP contribution in [0.4, 0.5) is 0 Å². The van der Waals surface area contributed by atoms with E-state index in [2.05, 4.69) is 0 Å². The molecule has 3 fully saturated rings. The second kappa shape index (κ2) is 10.2. The first-order valence-corrected chi connectivity index (χ1v) is 12.9. The number of fused-ring (bicyclic) bond motifs is 3. The lowest BCUT2D eigenvalue weighted by Gasteiger charge is -2.52. The zero-order valence-electron chi connectivity index (χ0n) is 20.6. The molecule has 0 aromatic heterocycles. The zero-order valence-corrected chi connectivity index (χ0v) is 20.6. The number of benzene rings is 3. The molecule has 0 saturated carbocycles. The van der Waals surface area contributed by atoms with E-state index < -0.39 is 5.41 Å². The van der Waals surface area contributed by atoms with E-state index in [9.17, 15) is 4.79 Å². The molecule has 0 aliphatic carbocycles. The van der Waals surface area contributed by atoms with Gasteiger partial charge in [-0.2, -0.15) is 0 Å². The SMILES string of the molecule is CC(C(=O)OC1C[N+]2(CCCOc3ccccc3)CCC1CC2)(c1ccccc1)c1ccccc1. The van der Waals surface area contributed by atoms with Crippen molar-refractivity contribution in [1.82, 2.24) is 0 Å². The molecule has 6 rings (SSSR count). The van der Waals surface area contributed by atoms with Gasteiger partial charge in [-0.15, -0.1) is 0 Å². The Morgan fingerprint density at radius 2 is 1.40 bits per heavy atom. The molecule has 182 valence electrons. The van der Waals surface area contributed by atoms with Crippen molar-refractivity contribution < 1.29 is 18.8 Å². The topological polar surface area (TPSA) is 35.5 Å². The second-order valence-corrected chi connectivity index (χ2v) is 10.3. The lowest BCUT2D eigenvalue weighted by molar-refractivity contribution is -0.946. The molecule has 3 aliphatic rings. The first-order valence-electron chi connectivity index (χ1n) is 12.9. The molecule has 0 spiro atoms. The maximum absolute atomic E-state index is 13.9. The number of quaternary nitrogens is 1. The average molecular weight is 471 g/mol. The Bertz CT molecular complexity index is 1050. The van der Waals surface area contributed by atoms with E-state index in [0.717, 1.165) is 60.3 Å². The predicted octanol–water partition coefficient (Wildman–Crippen LogP) is 5.61. The summed E-state index contributed by atoms with van der Waals surface area (Å²) in [5, 5.41) is 0. The molecule has 1 atom stereocenters. The third kappa shape index (κ3) is 4.99. The Kier molecular flexibility index (Phi) is 6.92. The number of para-hydroxylation sites is 1. The van der Waals surface area contributed by atoms with Crippen molar-refractivity contribution in [2.24, 2.45) is 5.92 Å². The zero-order chi connectivity index (χ0) is 24.1. The van der Waals surface area contributed by atoms with Crippen LogP contribution in [0, 0.1) is 5.92 Å². The third-order valence-electron chi connectivity index (χ3n) is 8.20. The molecule has 0 radical (unpaired) electrons. The fourth-order valence-electron chi connectivity index (χ4n) is 5.98. The molecule has 3 saturated heterocycles. The summed E-state index contributed by atoms with van der Waals surface area (Å²) in [6.07, 6.45) is 3.24. The lowest BCUT2D eigenvalue weighted by Crippen LogP contribution is -2.65. The molecule has 0 amide bonds. The van der Waals surface area contributed by atoms with Gasteiger partial charge < -0.3 is 14.0 Å². The summed E-state index contributed by atoms with van der Waals surface area (Å²) in [4.78, 5) is 13.9. The van der Waals surface area contributed by atoms with Crippen molar-refractivity contribution in [2.45, 2.75) is 37.7 Å². The largest absolute Gasteiger partial charge is 0.493 e. The Hall–Kier alpha value is -3.11. The van der Waals surface area contributed by atoms with Gasteiger partial charge in [-0.05, 0) is 30.2 Å². The highest BCUT2D eigenvalue weighted by molar-refractivity contribution is 5.87. The van der Waals surface area contributed by atoms with Gasteiger partial charge >= 0.3 is 5.97 Å². The van der Waals surface area contributed by atoms with Gasteiger partial charge in [0, 0.05) is 25.2 Å². The Balaban J connectivity index is 1.27. The highest BCUT2D eigenvalue weighted by Gasteiger charge is 2.49. The number of carbonyl (C=O) groups is 1. The summed E-state index contributed by atoms with van der Waals surface area (Å²) in [5.41, 5.74) is 1.11. The molecule has 3 heterocycles. The quantitative estimate of drug-likeness (QED) is 0.232. The monoisotopic (exact) mass is 470 g/mol. The van der Waals surface area contributed by atoms with E-state index in [0.29, 0.717) is 5.92 Å². The van der Waals surface area contributed by atoms with Crippen LogP contribution in [0.3, 0.4) is 0 Å². The van der Waals surface area contributed by atoms with Gasteiger partial charge in [0.2, 0.25) is 0 Å². The van der Waals surface area contributed by atoms with Gasteiger partial charge in [0.15, 0.2) is 6.10 Å². The first-order chi connectivity index (χ1) is 17.1. The van der Waals surface area contributed by atoms with Crippen molar-refractivity contribution in [3.8, 4) is 5.75 Å². The molecule has 0 N–H and O–H groups in total. The van der Waals surface area contributed by atoms with Crippen LogP contribution in [0.2, 0.25) is 0 Å². The van der Waals surface area contributed by atoms with Crippen molar-refractivity contribution >= 4 is 5.97 Å². The molecule has 2 bridgehead atoms. The van der Waals surface area contributed by atoms with Crippen LogP contribution < -0.4 is 4.74 Å². The maximum Gasteiger partial charge on any atom is 0.321 e. The number of hydrogen-bond donors (Lipinski definition) is 0. The number of carbonyl (C=O) groups excluding carboxylic acids is 1. The van der Waals surface area contributed by atoms with Crippen LogP contribution in [0.25, 0.3) is 0 Å².